The Labute approximate surface area is 126 Å². The van der Waals surface area contributed by atoms with Gasteiger partial charge >= 0.3 is 0 Å². The largest absolute Gasteiger partial charge is 0.409 e. The fraction of sp³-hybridized carbons (Fsp3) is 0.562. The summed E-state index contributed by atoms with van der Waals surface area (Å²) in [6.07, 6.45) is 4.03. The van der Waals surface area contributed by atoms with Crippen LogP contribution in [0.5, 0.6) is 0 Å². The molecule has 21 heavy (non-hydrogen) atoms. The van der Waals surface area contributed by atoms with Crippen molar-refractivity contribution in [3.8, 4) is 0 Å². The number of hydrogen-bond acceptors (Lipinski definition) is 4. The lowest BCUT2D eigenvalue weighted by molar-refractivity contribution is 0.133. The highest BCUT2D eigenvalue weighted by atomic mass is 16.4. The molecular weight excluding hydrogens is 264 g/mol. The Morgan fingerprint density at radius 3 is 2.90 bits per heavy atom. The first kappa shape index (κ1) is 14.2. The third-order valence-corrected chi connectivity index (χ3v) is 4.80. The summed E-state index contributed by atoms with van der Waals surface area (Å²) in [6, 6.07) is 6.88. The lowest BCUT2D eigenvalue weighted by Crippen LogP contribution is -2.54. The van der Waals surface area contributed by atoms with Crippen LogP contribution in [0.4, 0.5) is 5.69 Å². The third-order valence-electron chi connectivity index (χ3n) is 4.80. The van der Waals surface area contributed by atoms with E-state index in [9.17, 15) is 0 Å². The Morgan fingerprint density at radius 2 is 2.14 bits per heavy atom. The zero-order chi connectivity index (χ0) is 14.8. The number of nitrogens with two attached hydrogens (primary N) is 1. The van der Waals surface area contributed by atoms with E-state index in [2.05, 4.69) is 27.1 Å². The molecule has 5 nitrogen and oxygen atoms in total. The van der Waals surface area contributed by atoms with Crippen molar-refractivity contribution < 1.29 is 5.21 Å². The van der Waals surface area contributed by atoms with Crippen LogP contribution < -0.4 is 10.6 Å². The summed E-state index contributed by atoms with van der Waals surface area (Å²) in [5.41, 5.74) is 8.79. The molecule has 5 heteroatoms. The van der Waals surface area contributed by atoms with E-state index in [-0.39, 0.29) is 5.84 Å². The summed E-state index contributed by atoms with van der Waals surface area (Å²) in [5, 5.41) is 11.9. The van der Waals surface area contributed by atoms with Gasteiger partial charge in [0.2, 0.25) is 0 Å². The van der Waals surface area contributed by atoms with E-state index in [1.807, 2.05) is 13.0 Å². The number of aryl methyl sites for hydroxylation is 1. The predicted octanol–water partition coefficient (Wildman–Crippen LogP) is 1.76. The van der Waals surface area contributed by atoms with Crippen molar-refractivity contribution in [1.29, 1.82) is 0 Å². The Morgan fingerprint density at radius 1 is 1.29 bits per heavy atom. The molecule has 2 aliphatic rings. The molecule has 0 amide bonds. The lowest BCUT2D eigenvalue weighted by Gasteiger charge is -2.45. The maximum Gasteiger partial charge on any atom is 0.170 e. The fourth-order valence-electron chi connectivity index (χ4n) is 3.58. The van der Waals surface area contributed by atoms with Crippen molar-refractivity contribution in [3.05, 3.63) is 29.3 Å². The molecule has 1 unspecified atom stereocenters. The average Bonchev–Trinajstić information content (AvgIpc) is 2.53. The van der Waals surface area contributed by atoms with Crippen LogP contribution in [0.1, 0.15) is 30.4 Å². The van der Waals surface area contributed by atoms with Crippen LogP contribution in [-0.4, -0.2) is 48.2 Å². The zero-order valence-corrected chi connectivity index (χ0v) is 12.6. The molecule has 0 aliphatic carbocycles. The quantitative estimate of drug-likeness (QED) is 0.377. The Bertz CT molecular complexity index is 543. The van der Waals surface area contributed by atoms with E-state index in [1.54, 1.807) is 0 Å². The van der Waals surface area contributed by atoms with E-state index in [4.69, 9.17) is 10.9 Å². The molecule has 0 bridgehead atoms. The van der Waals surface area contributed by atoms with Gasteiger partial charge in [-0.1, -0.05) is 11.6 Å². The number of anilines is 1. The van der Waals surface area contributed by atoms with Crippen molar-refractivity contribution >= 4 is 11.5 Å². The van der Waals surface area contributed by atoms with Gasteiger partial charge in [0.1, 0.15) is 0 Å². The van der Waals surface area contributed by atoms with Gasteiger partial charge in [0.25, 0.3) is 0 Å². The van der Waals surface area contributed by atoms with Crippen molar-refractivity contribution in [2.45, 2.75) is 32.2 Å². The summed E-state index contributed by atoms with van der Waals surface area (Å²) in [4.78, 5) is 5.10. The topological polar surface area (TPSA) is 65.1 Å². The summed E-state index contributed by atoms with van der Waals surface area (Å²) < 4.78 is 0. The molecule has 1 atom stereocenters. The molecule has 0 aromatic heterocycles. The first-order valence-corrected chi connectivity index (χ1v) is 7.76. The molecule has 2 aliphatic heterocycles. The number of oxime groups is 1. The number of rotatable bonds is 2. The van der Waals surface area contributed by atoms with Crippen LogP contribution >= 0.6 is 0 Å². The van der Waals surface area contributed by atoms with Crippen LogP contribution in [-0.2, 0) is 0 Å². The van der Waals surface area contributed by atoms with E-state index < -0.39 is 0 Å². The molecule has 0 saturated carbocycles. The van der Waals surface area contributed by atoms with E-state index >= 15 is 0 Å². The van der Waals surface area contributed by atoms with Crippen LogP contribution in [0.25, 0.3) is 0 Å². The van der Waals surface area contributed by atoms with Crippen molar-refractivity contribution in [2.75, 3.05) is 31.1 Å². The highest BCUT2D eigenvalue weighted by Gasteiger charge is 2.29. The first-order chi connectivity index (χ1) is 10.2. The van der Waals surface area contributed by atoms with Gasteiger partial charge in [-0.15, -0.1) is 0 Å². The van der Waals surface area contributed by atoms with E-state index in [1.165, 1.54) is 31.5 Å². The molecule has 0 radical (unpaired) electrons. The molecule has 3 rings (SSSR count). The molecule has 0 spiro atoms. The lowest BCUT2D eigenvalue weighted by atomic mass is 9.98. The molecule has 2 heterocycles. The number of fused-ring (bicyclic) bond motifs is 1. The minimum absolute atomic E-state index is 0.177. The highest BCUT2D eigenvalue weighted by Crippen LogP contribution is 2.26. The van der Waals surface area contributed by atoms with Gasteiger partial charge in [-0.3, -0.25) is 4.90 Å². The van der Waals surface area contributed by atoms with Gasteiger partial charge in [0, 0.05) is 36.9 Å². The summed E-state index contributed by atoms with van der Waals surface area (Å²) >= 11 is 0. The maximum atomic E-state index is 8.81. The van der Waals surface area contributed by atoms with E-state index in [0.717, 1.165) is 30.8 Å². The van der Waals surface area contributed by atoms with E-state index in [0.29, 0.717) is 6.04 Å². The molecule has 3 N–H and O–H groups in total. The molecular formula is C16H24N4O. The zero-order valence-electron chi connectivity index (χ0n) is 12.6. The predicted molar refractivity (Wildman–Crippen MR) is 85.1 cm³/mol. The minimum Gasteiger partial charge on any atom is -0.409 e. The second kappa shape index (κ2) is 5.93. The summed E-state index contributed by atoms with van der Waals surface area (Å²) in [7, 11) is 0. The number of benzene rings is 1. The Balaban J connectivity index is 1.76. The average molecular weight is 288 g/mol. The van der Waals surface area contributed by atoms with Crippen LogP contribution in [0.3, 0.4) is 0 Å². The normalized spacial score (nSPS) is 24.0. The van der Waals surface area contributed by atoms with Crippen molar-refractivity contribution in [2.24, 2.45) is 10.9 Å². The number of nitrogens with zero attached hydrogens (tertiary/aromatic N) is 3. The monoisotopic (exact) mass is 288 g/mol. The fourth-order valence-corrected chi connectivity index (χ4v) is 3.58. The highest BCUT2D eigenvalue weighted by molar-refractivity contribution is 5.98. The van der Waals surface area contributed by atoms with Gasteiger partial charge in [-0.25, -0.2) is 0 Å². The van der Waals surface area contributed by atoms with Crippen LogP contribution in [0.2, 0.25) is 0 Å². The second-order valence-electron chi connectivity index (χ2n) is 6.12. The minimum atomic E-state index is 0.177. The molecule has 1 aromatic rings. The van der Waals surface area contributed by atoms with Gasteiger partial charge in [0.15, 0.2) is 5.84 Å². The molecule has 2 saturated heterocycles. The maximum absolute atomic E-state index is 8.81. The summed E-state index contributed by atoms with van der Waals surface area (Å²) in [5.74, 6) is 0.177. The van der Waals surface area contributed by atoms with Crippen LogP contribution in [0, 0.1) is 6.92 Å². The van der Waals surface area contributed by atoms with Gasteiger partial charge < -0.3 is 15.8 Å². The number of piperidine rings is 1. The number of hydrogen-bond donors (Lipinski definition) is 2. The molecule has 1 aromatic carbocycles. The molecule has 2 fully saturated rings. The van der Waals surface area contributed by atoms with Gasteiger partial charge in [0.05, 0.1) is 0 Å². The third kappa shape index (κ3) is 2.83. The Kier molecular flexibility index (Phi) is 4.01. The first-order valence-electron chi connectivity index (χ1n) is 7.76. The number of piperazine rings is 1. The van der Waals surface area contributed by atoms with Gasteiger partial charge in [-0.2, -0.15) is 0 Å². The van der Waals surface area contributed by atoms with Crippen molar-refractivity contribution in [1.82, 2.24) is 4.90 Å². The molecule has 114 valence electrons. The van der Waals surface area contributed by atoms with Gasteiger partial charge in [-0.05, 0) is 50.1 Å². The smallest absolute Gasteiger partial charge is 0.170 e. The summed E-state index contributed by atoms with van der Waals surface area (Å²) in [6.45, 7) is 6.63. The standard InChI is InChI=1S/C16H24N4O/c1-12-10-13(5-6-15(12)16(17)18-21)20-9-8-19-7-3-2-4-14(19)11-20/h5-6,10,14,21H,2-4,7-9,11H2,1H3,(H2,17,18). The SMILES string of the molecule is Cc1cc(N2CCN3CCCCC3C2)ccc1/C(N)=N/O. The Hall–Kier alpha value is -1.75. The van der Waals surface area contributed by atoms with Crippen LogP contribution in [0.15, 0.2) is 23.4 Å². The number of amidine groups is 1. The van der Waals surface area contributed by atoms with Crippen molar-refractivity contribution in [3.63, 3.8) is 0 Å². The second-order valence-corrected chi connectivity index (χ2v) is 6.12.